The fourth-order valence-corrected chi connectivity index (χ4v) is 4.92. The molecule has 0 fully saturated rings. The second-order valence-electron chi connectivity index (χ2n) is 6.72. The molecule has 0 amide bonds. The number of sulfonamides is 1. The number of nitrogens with one attached hydrogen (secondary N) is 2. The van der Waals surface area contributed by atoms with Crippen LogP contribution in [0.5, 0.6) is 5.75 Å². The van der Waals surface area contributed by atoms with Crippen molar-refractivity contribution in [2.45, 2.75) is 25.2 Å². The predicted molar refractivity (Wildman–Crippen MR) is 126 cm³/mol. The molecular formula is C21H28BrN3O5S. The van der Waals surface area contributed by atoms with E-state index >= 15 is 0 Å². The van der Waals surface area contributed by atoms with Gasteiger partial charge >= 0.3 is 5.97 Å². The van der Waals surface area contributed by atoms with Crippen molar-refractivity contribution < 1.29 is 23.1 Å². The molecule has 2 aromatic rings. The van der Waals surface area contributed by atoms with Crippen LogP contribution in [0.4, 0.5) is 11.4 Å². The Kier molecular flexibility index (Phi) is 9.15. The van der Waals surface area contributed by atoms with Crippen LogP contribution < -0.4 is 14.8 Å². The quantitative estimate of drug-likeness (QED) is 0.366. The van der Waals surface area contributed by atoms with E-state index in [9.17, 15) is 18.3 Å². The number of aromatic carboxylic acids is 1. The van der Waals surface area contributed by atoms with E-state index in [-0.39, 0.29) is 21.9 Å². The van der Waals surface area contributed by atoms with Crippen molar-refractivity contribution in [1.29, 1.82) is 0 Å². The standard InChI is InChI=1S/C21H28BrN3O5S/c1-4-25(5-2)14-8-13-23-16-9-6-7-10-18(16)31(28,29)24-17-12-11-15(22)20(30-3)19(17)21(26)27/h6-7,9-12,23-24H,4-5,8,13-14H2,1-3H3,(H,26,27). The van der Waals surface area contributed by atoms with Crippen LogP contribution in [0.2, 0.25) is 0 Å². The molecule has 10 heteroatoms. The van der Waals surface area contributed by atoms with Gasteiger partial charge in [0.2, 0.25) is 0 Å². The molecule has 0 aliphatic carbocycles. The van der Waals surface area contributed by atoms with E-state index in [4.69, 9.17) is 4.74 Å². The highest BCUT2D eigenvalue weighted by molar-refractivity contribution is 9.10. The van der Waals surface area contributed by atoms with Crippen LogP contribution in [0.1, 0.15) is 30.6 Å². The monoisotopic (exact) mass is 513 g/mol. The van der Waals surface area contributed by atoms with Crippen molar-refractivity contribution in [3.63, 3.8) is 0 Å². The lowest BCUT2D eigenvalue weighted by Gasteiger charge is -2.19. The van der Waals surface area contributed by atoms with Crippen molar-refractivity contribution >= 4 is 43.3 Å². The molecule has 0 saturated carbocycles. The highest BCUT2D eigenvalue weighted by atomic mass is 79.9. The zero-order chi connectivity index (χ0) is 23.0. The number of nitrogens with zero attached hydrogens (tertiary/aromatic N) is 1. The second kappa shape index (κ2) is 11.4. The maximum atomic E-state index is 13.1. The molecule has 0 bridgehead atoms. The smallest absolute Gasteiger partial charge is 0.341 e. The first-order chi connectivity index (χ1) is 14.7. The van der Waals surface area contributed by atoms with Gasteiger partial charge in [0.05, 0.1) is 23.0 Å². The number of methoxy groups -OCH3 is 1. The Balaban J connectivity index is 2.27. The number of ether oxygens (including phenoxy) is 1. The Bertz CT molecular complexity index is 1010. The number of rotatable bonds is 12. The summed E-state index contributed by atoms with van der Waals surface area (Å²) >= 11 is 3.22. The lowest BCUT2D eigenvalue weighted by molar-refractivity contribution is 0.0694. The summed E-state index contributed by atoms with van der Waals surface area (Å²) in [5.41, 5.74) is 0.101. The summed E-state index contributed by atoms with van der Waals surface area (Å²) < 4.78 is 34.2. The SMILES string of the molecule is CCN(CC)CCCNc1ccccc1S(=O)(=O)Nc1ccc(Br)c(OC)c1C(=O)O. The summed E-state index contributed by atoms with van der Waals surface area (Å²) in [5, 5.41) is 12.8. The lowest BCUT2D eigenvalue weighted by atomic mass is 10.1. The largest absolute Gasteiger partial charge is 0.495 e. The highest BCUT2D eigenvalue weighted by Crippen LogP contribution is 2.35. The summed E-state index contributed by atoms with van der Waals surface area (Å²) in [7, 11) is -2.74. The Morgan fingerprint density at radius 1 is 1.13 bits per heavy atom. The molecule has 8 nitrogen and oxygen atoms in total. The predicted octanol–water partition coefficient (Wildman–Crippen LogP) is 4.10. The summed E-state index contributed by atoms with van der Waals surface area (Å²) in [6.07, 6.45) is 0.858. The first-order valence-electron chi connectivity index (χ1n) is 9.93. The van der Waals surface area contributed by atoms with Gasteiger partial charge in [-0.2, -0.15) is 0 Å². The van der Waals surface area contributed by atoms with Crippen LogP contribution in [0.3, 0.4) is 0 Å². The van der Waals surface area contributed by atoms with Gasteiger partial charge in [-0.15, -0.1) is 0 Å². The molecule has 2 aromatic carbocycles. The van der Waals surface area contributed by atoms with Gasteiger partial charge in [0.25, 0.3) is 10.0 Å². The molecule has 3 N–H and O–H groups in total. The molecule has 0 atom stereocenters. The minimum Gasteiger partial charge on any atom is -0.495 e. The molecule has 0 heterocycles. The molecule has 0 spiro atoms. The average Bonchev–Trinajstić information content (AvgIpc) is 2.74. The average molecular weight is 514 g/mol. The first kappa shape index (κ1) is 25.0. The van der Waals surface area contributed by atoms with Crippen molar-refractivity contribution in [3.05, 3.63) is 46.4 Å². The third kappa shape index (κ3) is 6.34. The van der Waals surface area contributed by atoms with Crippen molar-refractivity contribution in [2.75, 3.05) is 43.3 Å². The first-order valence-corrected chi connectivity index (χ1v) is 12.2. The molecule has 0 saturated heterocycles. The summed E-state index contributed by atoms with van der Waals surface area (Å²) in [4.78, 5) is 14.1. The number of carbonyl (C=O) groups is 1. The lowest BCUT2D eigenvalue weighted by Crippen LogP contribution is -2.25. The van der Waals surface area contributed by atoms with E-state index < -0.39 is 16.0 Å². The van der Waals surface area contributed by atoms with Gasteiger partial charge in [-0.1, -0.05) is 26.0 Å². The molecular weight excluding hydrogens is 486 g/mol. The number of anilines is 2. The maximum Gasteiger partial charge on any atom is 0.341 e. The fourth-order valence-electron chi connectivity index (χ4n) is 3.17. The molecule has 0 aliphatic rings. The second-order valence-corrected chi connectivity index (χ2v) is 9.22. The zero-order valence-corrected chi connectivity index (χ0v) is 20.2. The number of carboxylic acid groups (broad SMARTS) is 1. The van der Waals surface area contributed by atoms with E-state index in [1.165, 1.54) is 25.3 Å². The van der Waals surface area contributed by atoms with Crippen LogP contribution in [0.15, 0.2) is 45.8 Å². The maximum absolute atomic E-state index is 13.1. The summed E-state index contributed by atoms with van der Waals surface area (Å²) in [6, 6.07) is 9.44. The number of hydrogen-bond donors (Lipinski definition) is 3. The minimum absolute atomic E-state index is 0.0375. The van der Waals surface area contributed by atoms with E-state index in [1.54, 1.807) is 18.2 Å². The third-order valence-corrected chi connectivity index (χ3v) is 6.86. The Morgan fingerprint density at radius 2 is 1.81 bits per heavy atom. The molecule has 170 valence electrons. The van der Waals surface area contributed by atoms with Crippen LogP contribution in [-0.4, -0.2) is 57.7 Å². The molecule has 31 heavy (non-hydrogen) atoms. The number of para-hydroxylation sites is 1. The third-order valence-electron chi connectivity index (χ3n) is 4.81. The molecule has 0 aliphatic heterocycles. The number of halogens is 1. The van der Waals surface area contributed by atoms with Gasteiger partial charge in [0.15, 0.2) is 0 Å². The highest BCUT2D eigenvalue weighted by Gasteiger charge is 2.25. The topological polar surface area (TPSA) is 108 Å². The molecule has 2 rings (SSSR count). The van der Waals surface area contributed by atoms with Crippen molar-refractivity contribution in [1.82, 2.24) is 4.90 Å². The minimum atomic E-state index is -4.06. The fraction of sp³-hybridized carbons (Fsp3) is 0.381. The van der Waals surface area contributed by atoms with Crippen molar-refractivity contribution in [2.24, 2.45) is 0 Å². The van der Waals surface area contributed by atoms with Gasteiger partial charge in [0.1, 0.15) is 16.2 Å². The van der Waals surface area contributed by atoms with E-state index in [0.717, 1.165) is 26.1 Å². The van der Waals surface area contributed by atoms with Gasteiger partial charge < -0.3 is 20.1 Å². The number of carboxylic acids is 1. The normalized spacial score (nSPS) is 11.4. The zero-order valence-electron chi connectivity index (χ0n) is 17.8. The number of hydrogen-bond acceptors (Lipinski definition) is 6. The Hall–Kier alpha value is -2.30. The molecule has 0 unspecified atom stereocenters. The van der Waals surface area contributed by atoms with Gasteiger partial charge in [-0.25, -0.2) is 13.2 Å². The van der Waals surface area contributed by atoms with E-state index in [0.29, 0.717) is 16.7 Å². The Morgan fingerprint density at radius 3 is 2.42 bits per heavy atom. The molecule has 0 radical (unpaired) electrons. The van der Waals surface area contributed by atoms with Crippen LogP contribution in [0.25, 0.3) is 0 Å². The van der Waals surface area contributed by atoms with Crippen LogP contribution >= 0.6 is 15.9 Å². The van der Waals surface area contributed by atoms with Crippen LogP contribution in [0, 0.1) is 0 Å². The van der Waals surface area contributed by atoms with Gasteiger partial charge in [0, 0.05) is 6.54 Å². The summed E-state index contributed by atoms with van der Waals surface area (Å²) in [6.45, 7) is 7.66. The van der Waals surface area contributed by atoms with Crippen molar-refractivity contribution in [3.8, 4) is 5.75 Å². The van der Waals surface area contributed by atoms with E-state index in [1.807, 2.05) is 0 Å². The van der Waals surface area contributed by atoms with Crippen LogP contribution in [-0.2, 0) is 10.0 Å². The van der Waals surface area contributed by atoms with Gasteiger partial charge in [-0.05, 0) is 66.3 Å². The van der Waals surface area contributed by atoms with E-state index in [2.05, 4.69) is 44.7 Å². The number of benzene rings is 2. The molecule has 0 aromatic heterocycles. The Labute approximate surface area is 191 Å². The van der Waals surface area contributed by atoms with Gasteiger partial charge in [-0.3, -0.25) is 4.72 Å². The summed E-state index contributed by atoms with van der Waals surface area (Å²) in [5.74, 6) is -1.27.